The van der Waals surface area contributed by atoms with Crippen LogP contribution in [0.3, 0.4) is 0 Å². The number of carbonyl (C=O) groups excluding carboxylic acids is 1. The molecular weight excluding hydrogens is 228 g/mol. The lowest BCUT2D eigenvalue weighted by atomic mass is 10.2. The van der Waals surface area contributed by atoms with E-state index in [1.165, 1.54) is 5.56 Å². The number of hydrogen-bond acceptors (Lipinski definition) is 2. The summed E-state index contributed by atoms with van der Waals surface area (Å²) < 4.78 is 8.92. The summed E-state index contributed by atoms with van der Waals surface area (Å²) in [6, 6.07) is 7.76. The Morgan fingerprint density at radius 3 is 2.33 bits per heavy atom. The van der Waals surface area contributed by atoms with E-state index in [2.05, 4.69) is 19.1 Å². The fraction of sp³-hybridized carbons (Fsp3) is 0.214. The lowest BCUT2D eigenvalue weighted by molar-refractivity contribution is -0.690. The van der Waals surface area contributed by atoms with Crippen LogP contribution in [0.15, 0.2) is 36.7 Å². The van der Waals surface area contributed by atoms with E-state index in [-0.39, 0.29) is 0 Å². The number of carbonyl (C=O) groups is 1. The minimum atomic E-state index is 0.440. The molecule has 0 fully saturated rings. The molecule has 0 radical (unpaired) electrons. The van der Waals surface area contributed by atoms with Crippen molar-refractivity contribution < 1.29 is 18.7 Å². The summed E-state index contributed by atoms with van der Waals surface area (Å²) in [6.07, 6.45) is 3.88. The molecule has 0 unspecified atom stereocenters. The van der Waals surface area contributed by atoms with E-state index in [0.29, 0.717) is 12.2 Å². The number of pyridine rings is 2. The average molecular weight is 244 g/mol. The smallest absolute Gasteiger partial charge is 0.298 e. The zero-order chi connectivity index (χ0) is 13.1. The fourth-order valence-electron chi connectivity index (χ4n) is 1.86. The molecule has 0 aliphatic rings. The molecule has 0 atom stereocenters. The minimum absolute atomic E-state index is 0.440. The van der Waals surface area contributed by atoms with Crippen molar-refractivity contribution in [3.8, 4) is 17.1 Å². The third kappa shape index (κ3) is 2.37. The topological polar surface area (TPSA) is 34.1 Å². The molecule has 18 heavy (non-hydrogen) atoms. The van der Waals surface area contributed by atoms with Gasteiger partial charge in [-0.2, -0.15) is 9.13 Å². The maximum atomic E-state index is 10.4. The quantitative estimate of drug-likeness (QED) is 0.592. The van der Waals surface area contributed by atoms with Gasteiger partial charge in [0.1, 0.15) is 19.8 Å². The summed E-state index contributed by atoms with van der Waals surface area (Å²) in [7, 11) is 3.95. The largest absolute Gasteiger partial charge is 0.428 e. The number of ether oxygens (including phenoxy) is 1. The first-order valence-corrected chi connectivity index (χ1v) is 5.68. The summed E-state index contributed by atoms with van der Waals surface area (Å²) in [5, 5.41) is 0. The molecule has 0 amide bonds. The first-order valence-electron chi connectivity index (χ1n) is 5.68. The third-order valence-electron chi connectivity index (χ3n) is 2.87. The first kappa shape index (κ1) is 12.2. The van der Waals surface area contributed by atoms with Crippen molar-refractivity contribution in [2.24, 2.45) is 14.1 Å². The maximum absolute atomic E-state index is 10.4. The van der Waals surface area contributed by atoms with E-state index < -0.39 is 0 Å². The SMILES string of the molecule is Cc1cc[n+](C)c(-c2cc(OC=O)cc[n+]2C)c1. The second kappa shape index (κ2) is 4.96. The molecule has 2 rings (SSSR count). The lowest BCUT2D eigenvalue weighted by Gasteiger charge is -2.02. The van der Waals surface area contributed by atoms with Crippen molar-refractivity contribution in [3.05, 3.63) is 42.2 Å². The van der Waals surface area contributed by atoms with Crippen molar-refractivity contribution in [2.45, 2.75) is 6.92 Å². The number of aromatic nitrogens is 2. The van der Waals surface area contributed by atoms with Gasteiger partial charge in [0, 0.05) is 18.2 Å². The summed E-state index contributed by atoms with van der Waals surface area (Å²) in [5.41, 5.74) is 3.24. The van der Waals surface area contributed by atoms with E-state index in [0.717, 1.165) is 11.4 Å². The second-order valence-corrected chi connectivity index (χ2v) is 4.27. The van der Waals surface area contributed by atoms with Crippen molar-refractivity contribution in [1.82, 2.24) is 0 Å². The molecule has 2 aromatic heterocycles. The van der Waals surface area contributed by atoms with E-state index in [4.69, 9.17) is 4.74 Å². The highest BCUT2D eigenvalue weighted by molar-refractivity contribution is 5.53. The molecule has 0 N–H and O–H groups in total. The van der Waals surface area contributed by atoms with Gasteiger partial charge in [0.05, 0.1) is 6.07 Å². The predicted octanol–water partition coefficient (Wildman–Crippen LogP) is 0.846. The normalized spacial score (nSPS) is 10.2. The van der Waals surface area contributed by atoms with Crippen LogP contribution in [0.2, 0.25) is 0 Å². The molecule has 92 valence electrons. The lowest BCUT2D eigenvalue weighted by Crippen LogP contribution is -2.38. The van der Waals surface area contributed by atoms with Crippen LogP contribution in [-0.2, 0) is 18.9 Å². The Hall–Kier alpha value is -2.23. The van der Waals surface area contributed by atoms with E-state index in [1.807, 2.05) is 41.7 Å². The predicted molar refractivity (Wildman–Crippen MR) is 65.7 cm³/mol. The molecular formula is C14H16N2O2+2. The molecule has 0 aliphatic carbocycles. The van der Waals surface area contributed by atoms with E-state index in [9.17, 15) is 4.79 Å². The monoisotopic (exact) mass is 244 g/mol. The van der Waals surface area contributed by atoms with Crippen LogP contribution >= 0.6 is 0 Å². The number of aryl methyl sites for hydroxylation is 3. The summed E-state index contributed by atoms with van der Waals surface area (Å²) >= 11 is 0. The highest BCUT2D eigenvalue weighted by Crippen LogP contribution is 2.17. The standard InChI is InChI=1S/C14H16N2O2/c1-11-4-6-15(2)13(8-11)14-9-12(18-10-17)5-7-16(14)3/h4-10H,1-3H3/q+2. The maximum Gasteiger partial charge on any atom is 0.298 e. The Balaban J connectivity index is 2.58. The molecule has 4 heteroatoms. The highest BCUT2D eigenvalue weighted by atomic mass is 16.5. The van der Waals surface area contributed by atoms with Crippen LogP contribution < -0.4 is 13.9 Å². The Morgan fingerprint density at radius 1 is 1.06 bits per heavy atom. The fourth-order valence-corrected chi connectivity index (χ4v) is 1.86. The van der Waals surface area contributed by atoms with Gasteiger partial charge in [0.15, 0.2) is 12.4 Å². The number of hydrogen-bond donors (Lipinski definition) is 0. The van der Waals surface area contributed by atoms with Crippen molar-refractivity contribution in [1.29, 1.82) is 0 Å². The molecule has 0 bridgehead atoms. The Labute approximate surface area is 106 Å². The molecule has 2 aromatic rings. The van der Waals surface area contributed by atoms with Crippen LogP contribution in [0.5, 0.6) is 5.75 Å². The zero-order valence-corrected chi connectivity index (χ0v) is 10.8. The molecule has 0 aliphatic heterocycles. The van der Waals surface area contributed by atoms with Crippen LogP contribution in [0.25, 0.3) is 11.4 Å². The third-order valence-corrected chi connectivity index (χ3v) is 2.87. The average Bonchev–Trinajstić information content (AvgIpc) is 2.35. The van der Waals surface area contributed by atoms with Crippen molar-refractivity contribution in [3.63, 3.8) is 0 Å². The van der Waals surface area contributed by atoms with Gasteiger partial charge in [-0.05, 0) is 12.5 Å². The number of rotatable bonds is 3. The van der Waals surface area contributed by atoms with Crippen LogP contribution in [0, 0.1) is 6.92 Å². The Bertz CT molecular complexity index is 594. The van der Waals surface area contributed by atoms with Gasteiger partial charge >= 0.3 is 0 Å². The molecule has 0 spiro atoms. The Morgan fingerprint density at radius 2 is 1.67 bits per heavy atom. The zero-order valence-electron chi connectivity index (χ0n) is 10.8. The molecule has 4 nitrogen and oxygen atoms in total. The first-order chi connectivity index (χ1) is 8.61. The Kier molecular flexibility index (Phi) is 3.37. The summed E-state index contributed by atoms with van der Waals surface area (Å²) in [6.45, 7) is 2.49. The van der Waals surface area contributed by atoms with Gasteiger partial charge < -0.3 is 4.74 Å². The summed E-state index contributed by atoms with van der Waals surface area (Å²) in [4.78, 5) is 10.4. The summed E-state index contributed by atoms with van der Waals surface area (Å²) in [5.74, 6) is 0.541. The minimum Gasteiger partial charge on any atom is -0.428 e. The number of nitrogens with zero attached hydrogens (tertiary/aromatic N) is 2. The molecule has 0 saturated carbocycles. The van der Waals surface area contributed by atoms with Gasteiger partial charge in [-0.15, -0.1) is 0 Å². The van der Waals surface area contributed by atoms with Gasteiger partial charge in [0.25, 0.3) is 17.9 Å². The van der Waals surface area contributed by atoms with Gasteiger partial charge in [-0.1, -0.05) is 0 Å². The molecule has 0 aromatic carbocycles. The second-order valence-electron chi connectivity index (χ2n) is 4.27. The van der Waals surface area contributed by atoms with E-state index in [1.54, 1.807) is 6.07 Å². The van der Waals surface area contributed by atoms with Crippen molar-refractivity contribution in [2.75, 3.05) is 0 Å². The van der Waals surface area contributed by atoms with Crippen LogP contribution in [0.1, 0.15) is 5.56 Å². The molecule has 0 saturated heterocycles. The van der Waals surface area contributed by atoms with E-state index >= 15 is 0 Å². The highest BCUT2D eigenvalue weighted by Gasteiger charge is 2.20. The van der Waals surface area contributed by atoms with Crippen LogP contribution in [-0.4, -0.2) is 6.47 Å². The molecule has 2 heterocycles. The van der Waals surface area contributed by atoms with Crippen molar-refractivity contribution >= 4 is 6.47 Å². The van der Waals surface area contributed by atoms with Crippen LogP contribution in [0.4, 0.5) is 0 Å². The van der Waals surface area contributed by atoms with Gasteiger partial charge in [-0.25, -0.2) is 0 Å². The van der Waals surface area contributed by atoms with Gasteiger partial charge in [0.2, 0.25) is 0 Å². The van der Waals surface area contributed by atoms with Gasteiger partial charge in [-0.3, -0.25) is 4.79 Å².